The van der Waals surface area contributed by atoms with E-state index in [1.54, 1.807) is 24.2 Å². The third kappa shape index (κ3) is 2.59. The quantitative estimate of drug-likeness (QED) is 0.782. The summed E-state index contributed by atoms with van der Waals surface area (Å²) in [5.74, 6) is 0. The van der Waals surface area contributed by atoms with E-state index in [9.17, 15) is 0 Å². The van der Waals surface area contributed by atoms with Crippen LogP contribution in [0.3, 0.4) is 0 Å². The van der Waals surface area contributed by atoms with Gasteiger partial charge in [-0.2, -0.15) is 0 Å². The first kappa shape index (κ1) is 10.2. The van der Waals surface area contributed by atoms with Crippen LogP contribution >= 0.6 is 23.4 Å². The molecule has 1 aliphatic rings. The topological polar surface area (TPSA) is 35.0 Å². The highest BCUT2D eigenvalue weighted by atomic mass is 35.5. The second-order valence-corrected chi connectivity index (χ2v) is 4.73. The Morgan fingerprint density at radius 3 is 2.71 bits per heavy atom. The minimum Gasteiger partial charge on any atom is -0.381 e. The third-order valence-corrected chi connectivity index (χ3v) is 3.78. The Hall–Kier alpha value is -0.320. The summed E-state index contributed by atoms with van der Waals surface area (Å²) in [5, 5.41) is 1.91. The second kappa shape index (κ2) is 4.96. The first-order valence-electron chi connectivity index (χ1n) is 4.57. The number of nitrogens with zero attached hydrogens (tertiary/aromatic N) is 2. The SMILES string of the molecule is Clc1nccnc1SC1CCOCC1. The van der Waals surface area contributed by atoms with Crippen molar-refractivity contribution in [2.24, 2.45) is 0 Å². The number of aromatic nitrogens is 2. The predicted octanol–water partition coefficient (Wildman–Crippen LogP) is 2.40. The molecule has 0 radical (unpaired) electrons. The molecular formula is C9H11ClN2OS. The molecule has 0 spiro atoms. The molecule has 5 heteroatoms. The minimum atomic E-state index is 0.504. The van der Waals surface area contributed by atoms with Crippen molar-refractivity contribution in [2.75, 3.05) is 13.2 Å². The highest BCUT2D eigenvalue weighted by molar-refractivity contribution is 8.00. The lowest BCUT2D eigenvalue weighted by Crippen LogP contribution is -2.17. The van der Waals surface area contributed by atoms with E-state index in [1.807, 2.05) is 0 Å². The van der Waals surface area contributed by atoms with Crippen molar-refractivity contribution in [3.63, 3.8) is 0 Å². The summed E-state index contributed by atoms with van der Waals surface area (Å²) >= 11 is 7.62. The summed E-state index contributed by atoms with van der Waals surface area (Å²) in [6.07, 6.45) is 5.42. The van der Waals surface area contributed by atoms with Gasteiger partial charge in [0.05, 0.1) is 0 Å². The van der Waals surface area contributed by atoms with Gasteiger partial charge in [-0.3, -0.25) is 0 Å². The minimum absolute atomic E-state index is 0.504. The van der Waals surface area contributed by atoms with Crippen LogP contribution in [-0.4, -0.2) is 28.4 Å². The number of halogens is 1. The molecule has 0 atom stereocenters. The molecule has 76 valence electrons. The first-order valence-corrected chi connectivity index (χ1v) is 5.83. The van der Waals surface area contributed by atoms with Crippen LogP contribution in [-0.2, 0) is 4.74 Å². The maximum atomic E-state index is 5.92. The van der Waals surface area contributed by atoms with Crippen molar-refractivity contribution in [3.05, 3.63) is 17.5 Å². The largest absolute Gasteiger partial charge is 0.381 e. The zero-order chi connectivity index (χ0) is 9.80. The summed E-state index contributed by atoms with van der Waals surface area (Å²) in [5.41, 5.74) is 0. The summed E-state index contributed by atoms with van der Waals surface area (Å²) in [7, 11) is 0. The lowest BCUT2D eigenvalue weighted by molar-refractivity contribution is 0.1000. The van der Waals surface area contributed by atoms with Crippen LogP contribution in [0.1, 0.15) is 12.8 Å². The monoisotopic (exact) mass is 230 g/mol. The van der Waals surface area contributed by atoms with Gasteiger partial charge in [-0.25, -0.2) is 9.97 Å². The molecule has 0 amide bonds. The molecule has 1 fully saturated rings. The molecule has 0 saturated carbocycles. The fourth-order valence-corrected chi connectivity index (χ4v) is 2.59. The van der Waals surface area contributed by atoms with Gasteiger partial charge in [0.25, 0.3) is 0 Å². The summed E-state index contributed by atoms with van der Waals surface area (Å²) < 4.78 is 5.29. The number of rotatable bonds is 2. The zero-order valence-electron chi connectivity index (χ0n) is 7.65. The Morgan fingerprint density at radius 1 is 1.29 bits per heavy atom. The molecule has 14 heavy (non-hydrogen) atoms. The fourth-order valence-electron chi connectivity index (χ4n) is 1.34. The van der Waals surface area contributed by atoms with Crippen molar-refractivity contribution in [2.45, 2.75) is 23.1 Å². The van der Waals surface area contributed by atoms with Gasteiger partial charge < -0.3 is 4.74 Å². The van der Waals surface area contributed by atoms with Gasteiger partial charge in [-0.15, -0.1) is 0 Å². The van der Waals surface area contributed by atoms with Gasteiger partial charge in [-0.05, 0) is 12.8 Å². The van der Waals surface area contributed by atoms with Crippen molar-refractivity contribution in [1.82, 2.24) is 9.97 Å². The fraction of sp³-hybridized carbons (Fsp3) is 0.556. The third-order valence-electron chi connectivity index (χ3n) is 2.07. The van der Waals surface area contributed by atoms with Gasteiger partial charge in [0.15, 0.2) is 5.15 Å². The molecule has 1 aliphatic heterocycles. The summed E-state index contributed by atoms with van der Waals surface area (Å²) in [4.78, 5) is 8.20. The van der Waals surface area contributed by atoms with E-state index >= 15 is 0 Å². The molecule has 0 unspecified atom stereocenters. The van der Waals surface area contributed by atoms with Gasteiger partial charge in [0.1, 0.15) is 5.03 Å². The summed E-state index contributed by atoms with van der Waals surface area (Å²) in [6, 6.07) is 0. The zero-order valence-corrected chi connectivity index (χ0v) is 9.22. The van der Waals surface area contributed by atoms with E-state index in [4.69, 9.17) is 16.3 Å². The van der Waals surface area contributed by atoms with E-state index in [2.05, 4.69) is 9.97 Å². The highest BCUT2D eigenvalue weighted by Gasteiger charge is 2.17. The molecule has 0 aromatic carbocycles. The standard InChI is InChI=1S/C9H11ClN2OS/c10-8-9(12-4-3-11-8)14-7-1-5-13-6-2-7/h3-4,7H,1-2,5-6H2. The molecule has 1 aromatic rings. The van der Waals surface area contributed by atoms with Crippen molar-refractivity contribution in [3.8, 4) is 0 Å². The molecule has 1 saturated heterocycles. The molecule has 1 aromatic heterocycles. The normalized spacial score (nSPS) is 18.4. The van der Waals surface area contributed by atoms with E-state index in [-0.39, 0.29) is 0 Å². The van der Waals surface area contributed by atoms with Gasteiger partial charge in [-0.1, -0.05) is 23.4 Å². The van der Waals surface area contributed by atoms with Crippen LogP contribution in [0.15, 0.2) is 17.4 Å². The Morgan fingerprint density at radius 2 is 2.00 bits per heavy atom. The smallest absolute Gasteiger partial charge is 0.161 e. The number of hydrogen-bond acceptors (Lipinski definition) is 4. The van der Waals surface area contributed by atoms with Crippen molar-refractivity contribution >= 4 is 23.4 Å². The average molecular weight is 231 g/mol. The molecule has 2 heterocycles. The van der Waals surface area contributed by atoms with Crippen LogP contribution in [0.5, 0.6) is 0 Å². The van der Waals surface area contributed by atoms with E-state index in [0.717, 1.165) is 31.1 Å². The van der Waals surface area contributed by atoms with Gasteiger partial charge >= 0.3 is 0 Å². The molecule has 2 rings (SSSR count). The number of thioether (sulfide) groups is 1. The van der Waals surface area contributed by atoms with Crippen molar-refractivity contribution in [1.29, 1.82) is 0 Å². The van der Waals surface area contributed by atoms with E-state index in [1.165, 1.54) is 0 Å². The van der Waals surface area contributed by atoms with Gasteiger partial charge in [0, 0.05) is 30.9 Å². The van der Waals surface area contributed by atoms with Crippen LogP contribution in [0.4, 0.5) is 0 Å². The maximum Gasteiger partial charge on any atom is 0.161 e. The Labute approximate surface area is 92.2 Å². The molecule has 0 aliphatic carbocycles. The van der Waals surface area contributed by atoms with Crippen LogP contribution in [0.25, 0.3) is 0 Å². The Bertz CT molecular complexity index is 305. The molecular weight excluding hydrogens is 220 g/mol. The van der Waals surface area contributed by atoms with E-state index in [0.29, 0.717) is 10.4 Å². The molecule has 0 bridgehead atoms. The van der Waals surface area contributed by atoms with Crippen LogP contribution in [0.2, 0.25) is 5.15 Å². The lowest BCUT2D eigenvalue weighted by atomic mass is 10.2. The number of hydrogen-bond donors (Lipinski definition) is 0. The van der Waals surface area contributed by atoms with Crippen LogP contribution < -0.4 is 0 Å². The van der Waals surface area contributed by atoms with E-state index < -0.39 is 0 Å². The summed E-state index contributed by atoms with van der Waals surface area (Å²) in [6.45, 7) is 1.69. The Balaban J connectivity index is 1.99. The highest BCUT2D eigenvalue weighted by Crippen LogP contribution is 2.31. The van der Waals surface area contributed by atoms with Gasteiger partial charge in [0.2, 0.25) is 0 Å². The lowest BCUT2D eigenvalue weighted by Gasteiger charge is -2.20. The predicted molar refractivity (Wildman–Crippen MR) is 56.7 cm³/mol. The molecule has 0 N–H and O–H groups in total. The number of ether oxygens (including phenoxy) is 1. The first-order chi connectivity index (χ1) is 6.86. The second-order valence-electron chi connectivity index (χ2n) is 3.08. The maximum absolute atomic E-state index is 5.92. The average Bonchev–Trinajstić information content (AvgIpc) is 2.23. The van der Waals surface area contributed by atoms with Crippen molar-refractivity contribution < 1.29 is 4.74 Å². The molecule has 3 nitrogen and oxygen atoms in total. The van der Waals surface area contributed by atoms with Crippen LogP contribution in [0, 0.1) is 0 Å². The Kier molecular flexibility index (Phi) is 3.61.